The zero-order valence-corrected chi connectivity index (χ0v) is 10.9. The number of urea groups is 1. The summed E-state index contributed by atoms with van der Waals surface area (Å²) in [6.07, 6.45) is 0.986. The molecular formula is C14H18N2O3. The first-order chi connectivity index (χ1) is 9.15. The molecule has 1 atom stereocenters. The Kier molecular flexibility index (Phi) is 4.52. The fourth-order valence-electron chi connectivity index (χ4n) is 1.97. The Labute approximate surface area is 112 Å². The van der Waals surface area contributed by atoms with Gasteiger partial charge in [-0.05, 0) is 25.5 Å². The minimum atomic E-state index is -0.257. The van der Waals surface area contributed by atoms with Crippen molar-refractivity contribution in [3.8, 4) is 0 Å². The summed E-state index contributed by atoms with van der Waals surface area (Å²) in [4.78, 5) is 22.9. The molecule has 1 aromatic rings. The molecular weight excluding hydrogens is 244 g/mol. The van der Waals surface area contributed by atoms with Gasteiger partial charge in [0.2, 0.25) is 0 Å². The van der Waals surface area contributed by atoms with Crippen LogP contribution in [-0.4, -0.2) is 31.6 Å². The van der Waals surface area contributed by atoms with Gasteiger partial charge in [-0.2, -0.15) is 0 Å². The molecule has 1 saturated heterocycles. The lowest BCUT2D eigenvalue weighted by Crippen LogP contribution is -2.33. The van der Waals surface area contributed by atoms with E-state index in [0.717, 1.165) is 13.0 Å². The quantitative estimate of drug-likeness (QED) is 0.816. The molecule has 0 aromatic heterocycles. The third-order valence-corrected chi connectivity index (χ3v) is 3.10. The van der Waals surface area contributed by atoms with Crippen molar-refractivity contribution in [1.29, 1.82) is 0 Å². The fraction of sp³-hybridized carbons (Fsp3) is 0.429. The van der Waals surface area contributed by atoms with E-state index in [-0.39, 0.29) is 11.8 Å². The van der Waals surface area contributed by atoms with Gasteiger partial charge in [0.1, 0.15) is 0 Å². The van der Waals surface area contributed by atoms with Crippen LogP contribution in [0.3, 0.4) is 0 Å². The number of hydrogen-bond acceptors (Lipinski definition) is 3. The summed E-state index contributed by atoms with van der Waals surface area (Å²) < 4.78 is 5.24. The third-order valence-electron chi connectivity index (χ3n) is 3.10. The number of Topliss-reactive ketones (excluding diaryl/α,β-unsaturated/α-hetero) is 1. The maximum atomic E-state index is 11.7. The topological polar surface area (TPSA) is 67.4 Å². The van der Waals surface area contributed by atoms with E-state index in [1.165, 1.54) is 6.92 Å². The molecule has 0 bridgehead atoms. The monoisotopic (exact) mass is 262 g/mol. The molecule has 102 valence electrons. The van der Waals surface area contributed by atoms with E-state index < -0.39 is 0 Å². The van der Waals surface area contributed by atoms with E-state index in [9.17, 15) is 9.59 Å². The van der Waals surface area contributed by atoms with Crippen LogP contribution in [0.1, 0.15) is 23.7 Å². The SMILES string of the molecule is CC(=O)c1cccc(NC(=O)NCC2CCOC2)c1. The molecule has 0 spiro atoms. The third kappa shape index (κ3) is 4.06. The van der Waals surface area contributed by atoms with Crippen LogP contribution in [0.25, 0.3) is 0 Å². The molecule has 1 unspecified atom stereocenters. The predicted octanol–water partition coefficient (Wildman–Crippen LogP) is 2.05. The van der Waals surface area contributed by atoms with Gasteiger partial charge >= 0.3 is 6.03 Å². The molecule has 0 saturated carbocycles. The van der Waals surface area contributed by atoms with Gasteiger partial charge in [0.15, 0.2) is 5.78 Å². The largest absolute Gasteiger partial charge is 0.381 e. The highest BCUT2D eigenvalue weighted by molar-refractivity contribution is 5.96. The van der Waals surface area contributed by atoms with E-state index in [1.54, 1.807) is 24.3 Å². The Hall–Kier alpha value is -1.88. The number of hydrogen-bond donors (Lipinski definition) is 2. The lowest BCUT2D eigenvalue weighted by molar-refractivity contribution is 0.101. The molecule has 1 aliphatic rings. The van der Waals surface area contributed by atoms with Crippen LogP contribution in [-0.2, 0) is 4.74 Å². The number of ether oxygens (including phenoxy) is 1. The Balaban J connectivity index is 1.84. The minimum Gasteiger partial charge on any atom is -0.381 e. The number of nitrogens with one attached hydrogen (secondary N) is 2. The van der Waals surface area contributed by atoms with Crippen LogP contribution < -0.4 is 10.6 Å². The van der Waals surface area contributed by atoms with Gasteiger partial charge in [0.25, 0.3) is 0 Å². The normalized spacial score (nSPS) is 18.1. The molecule has 2 rings (SSSR count). The molecule has 2 amide bonds. The molecule has 2 N–H and O–H groups in total. The van der Waals surface area contributed by atoms with Crippen molar-refractivity contribution in [1.82, 2.24) is 5.32 Å². The standard InChI is InChI=1S/C14H18N2O3/c1-10(17)12-3-2-4-13(7-12)16-14(18)15-8-11-5-6-19-9-11/h2-4,7,11H,5-6,8-9H2,1H3,(H2,15,16,18). The highest BCUT2D eigenvalue weighted by atomic mass is 16.5. The Bertz CT molecular complexity index is 468. The first kappa shape index (κ1) is 13.5. The van der Waals surface area contributed by atoms with Gasteiger partial charge in [-0.15, -0.1) is 0 Å². The molecule has 1 heterocycles. The molecule has 19 heavy (non-hydrogen) atoms. The minimum absolute atomic E-state index is 0.0211. The number of carbonyl (C=O) groups is 2. The van der Waals surface area contributed by atoms with Gasteiger partial charge in [0, 0.05) is 30.3 Å². The first-order valence-corrected chi connectivity index (χ1v) is 6.39. The second-order valence-corrected chi connectivity index (χ2v) is 4.70. The molecule has 1 aromatic carbocycles. The number of rotatable bonds is 4. The van der Waals surface area contributed by atoms with Crippen LogP contribution in [0.15, 0.2) is 24.3 Å². The molecule has 0 radical (unpaired) electrons. The van der Waals surface area contributed by atoms with E-state index in [2.05, 4.69) is 10.6 Å². The molecule has 1 fully saturated rings. The maximum Gasteiger partial charge on any atom is 0.319 e. The second kappa shape index (κ2) is 6.33. The molecule has 5 heteroatoms. The van der Waals surface area contributed by atoms with Crippen LogP contribution in [0.5, 0.6) is 0 Å². The molecule has 1 aliphatic heterocycles. The van der Waals surface area contributed by atoms with Crippen molar-refractivity contribution < 1.29 is 14.3 Å². The number of ketones is 1. The van der Waals surface area contributed by atoms with Crippen molar-refractivity contribution >= 4 is 17.5 Å². The van der Waals surface area contributed by atoms with Crippen molar-refractivity contribution in [2.75, 3.05) is 25.1 Å². The van der Waals surface area contributed by atoms with E-state index in [4.69, 9.17) is 4.74 Å². The fourth-order valence-corrected chi connectivity index (χ4v) is 1.97. The Morgan fingerprint density at radius 3 is 2.95 bits per heavy atom. The van der Waals surface area contributed by atoms with E-state index >= 15 is 0 Å². The van der Waals surface area contributed by atoms with E-state index in [1.807, 2.05) is 0 Å². The average molecular weight is 262 g/mol. The predicted molar refractivity (Wildman–Crippen MR) is 72.4 cm³/mol. The summed E-state index contributed by atoms with van der Waals surface area (Å²) in [5, 5.41) is 5.52. The summed E-state index contributed by atoms with van der Waals surface area (Å²) in [5.41, 5.74) is 1.20. The number of amides is 2. The number of benzene rings is 1. The van der Waals surface area contributed by atoms with Crippen LogP contribution in [0.2, 0.25) is 0 Å². The van der Waals surface area contributed by atoms with Gasteiger partial charge < -0.3 is 15.4 Å². The first-order valence-electron chi connectivity index (χ1n) is 6.39. The van der Waals surface area contributed by atoms with Crippen LogP contribution in [0.4, 0.5) is 10.5 Å². The maximum absolute atomic E-state index is 11.7. The lowest BCUT2D eigenvalue weighted by Gasteiger charge is -2.11. The Morgan fingerprint density at radius 2 is 2.26 bits per heavy atom. The van der Waals surface area contributed by atoms with Crippen LogP contribution >= 0.6 is 0 Å². The highest BCUT2D eigenvalue weighted by Gasteiger charge is 2.16. The van der Waals surface area contributed by atoms with Crippen molar-refractivity contribution in [3.05, 3.63) is 29.8 Å². The molecule has 0 aliphatic carbocycles. The zero-order valence-electron chi connectivity index (χ0n) is 10.9. The summed E-state index contributed by atoms with van der Waals surface area (Å²) in [7, 11) is 0. The van der Waals surface area contributed by atoms with Gasteiger partial charge in [-0.3, -0.25) is 4.79 Å². The lowest BCUT2D eigenvalue weighted by atomic mass is 10.1. The summed E-state index contributed by atoms with van der Waals surface area (Å²) >= 11 is 0. The smallest absolute Gasteiger partial charge is 0.319 e. The summed E-state index contributed by atoms with van der Waals surface area (Å²) in [5.74, 6) is 0.376. The van der Waals surface area contributed by atoms with Crippen molar-refractivity contribution in [3.63, 3.8) is 0 Å². The highest BCUT2D eigenvalue weighted by Crippen LogP contribution is 2.12. The molecule has 5 nitrogen and oxygen atoms in total. The zero-order chi connectivity index (χ0) is 13.7. The second-order valence-electron chi connectivity index (χ2n) is 4.70. The summed E-state index contributed by atoms with van der Waals surface area (Å²) in [6, 6.07) is 6.64. The van der Waals surface area contributed by atoms with Crippen LogP contribution in [0, 0.1) is 5.92 Å². The average Bonchev–Trinajstić information content (AvgIpc) is 2.90. The van der Waals surface area contributed by atoms with Gasteiger partial charge in [-0.25, -0.2) is 4.79 Å². The van der Waals surface area contributed by atoms with E-state index in [0.29, 0.717) is 30.3 Å². The van der Waals surface area contributed by atoms with Crippen molar-refractivity contribution in [2.24, 2.45) is 5.92 Å². The van der Waals surface area contributed by atoms with Crippen molar-refractivity contribution in [2.45, 2.75) is 13.3 Å². The number of carbonyl (C=O) groups excluding carboxylic acids is 2. The summed E-state index contributed by atoms with van der Waals surface area (Å²) in [6.45, 7) is 3.59. The van der Waals surface area contributed by atoms with Gasteiger partial charge in [-0.1, -0.05) is 12.1 Å². The number of anilines is 1. The van der Waals surface area contributed by atoms with Gasteiger partial charge in [0.05, 0.1) is 6.61 Å². The Morgan fingerprint density at radius 1 is 1.42 bits per heavy atom.